The summed E-state index contributed by atoms with van der Waals surface area (Å²) in [6.07, 6.45) is 3.88. The molecule has 0 aliphatic heterocycles. The second kappa shape index (κ2) is 4.13. The van der Waals surface area contributed by atoms with Gasteiger partial charge in [0.05, 0.1) is 11.6 Å². The van der Waals surface area contributed by atoms with E-state index in [2.05, 4.69) is 22.1 Å². The zero-order valence-corrected chi connectivity index (χ0v) is 9.04. The van der Waals surface area contributed by atoms with Gasteiger partial charge < -0.3 is 4.90 Å². The molecule has 1 saturated carbocycles. The molecule has 0 amide bonds. The molecule has 1 aliphatic carbocycles. The number of rotatable bonds is 3. The van der Waals surface area contributed by atoms with Gasteiger partial charge in [-0.25, -0.2) is 0 Å². The lowest BCUT2D eigenvalue weighted by Crippen LogP contribution is -2.37. The first kappa shape index (κ1) is 9.71. The van der Waals surface area contributed by atoms with Gasteiger partial charge in [0, 0.05) is 13.1 Å². The maximum Gasteiger partial charge on any atom is 0.151 e. The minimum Gasteiger partial charge on any atom is -0.355 e. The Balaban J connectivity index is 2.07. The highest BCUT2D eigenvalue weighted by Crippen LogP contribution is 2.26. The van der Waals surface area contributed by atoms with Crippen molar-refractivity contribution in [3.8, 4) is 0 Å². The Labute approximate surface area is 89.1 Å². The van der Waals surface area contributed by atoms with Crippen molar-refractivity contribution in [2.24, 2.45) is 0 Å². The molecule has 0 spiro atoms. The van der Waals surface area contributed by atoms with Crippen LogP contribution in [0.15, 0.2) is 12.1 Å². The molecule has 3 nitrogen and oxygen atoms in total. The van der Waals surface area contributed by atoms with Crippen molar-refractivity contribution in [3.05, 3.63) is 17.8 Å². The second-order valence-electron chi connectivity index (χ2n) is 3.71. The van der Waals surface area contributed by atoms with Gasteiger partial charge in [0.15, 0.2) is 5.82 Å². The highest BCUT2D eigenvalue weighted by Gasteiger charge is 2.22. The SMILES string of the molecule is CN(c1ccc(CCl)nn1)C1CCC1. The van der Waals surface area contributed by atoms with E-state index in [4.69, 9.17) is 11.6 Å². The van der Waals surface area contributed by atoms with Crippen LogP contribution in [0.1, 0.15) is 25.0 Å². The fourth-order valence-corrected chi connectivity index (χ4v) is 1.72. The third kappa shape index (κ3) is 1.82. The molecule has 0 radical (unpaired) electrons. The van der Waals surface area contributed by atoms with Crippen LogP contribution in [-0.4, -0.2) is 23.3 Å². The van der Waals surface area contributed by atoms with E-state index in [1.54, 1.807) is 0 Å². The highest BCUT2D eigenvalue weighted by molar-refractivity contribution is 6.16. The molecular weight excluding hydrogens is 198 g/mol. The molecule has 0 saturated heterocycles. The normalized spacial score (nSPS) is 16.4. The Kier molecular flexibility index (Phi) is 2.87. The topological polar surface area (TPSA) is 29.0 Å². The molecule has 4 heteroatoms. The summed E-state index contributed by atoms with van der Waals surface area (Å²) in [6, 6.07) is 4.58. The molecule has 0 unspecified atom stereocenters. The van der Waals surface area contributed by atoms with Gasteiger partial charge in [-0.15, -0.1) is 16.7 Å². The number of aromatic nitrogens is 2. The average molecular weight is 212 g/mol. The Morgan fingerprint density at radius 2 is 2.21 bits per heavy atom. The molecule has 2 rings (SSSR count). The minimum absolute atomic E-state index is 0.431. The molecule has 0 N–H and O–H groups in total. The van der Waals surface area contributed by atoms with E-state index in [0.29, 0.717) is 11.9 Å². The lowest BCUT2D eigenvalue weighted by molar-refractivity contribution is 0.398. The predicted octanol–water partition coefficient (Wildman–Crippen LogP) is 2.20. The van der Waals surface area contributed by atoms with Gasteiger partial charge in [0.25, 0.3) is 0 Å². The van der Waals surface area contributed by atoms with Crippen molar-refractivity contribution >= 4 is 17.4 Å². The van der Waals surface area contributed by atoms with E-state index in [9.17, 15) is 0 Å². The third-order valence-electron chi connectivity index (χ3n) is 2.83. The molecule has 14 heavy (non-hydrogen) atoms. The molecule has 0 aromatic carbocycles. The zero-order valence-electron chi connectivity index (χ0n) is 8.28. The molecule has 1 aliphatic rings. The maximum atomic E-state index is 5.64. The Morgan fingerprint density at radius 3 is 2.64 bits per heavy atom. The van der Waals surface area contributed by atoms with Crippen molar-refractivity contribution in [1.82, 2.24) is 10.2 Å². The van der Waals surface area contributed by atoms with Gasteiger partial charge in [-0.2, -0.15) is 5.10 Å². The van der Waals surface area contributed by atoms with E-state index >= 15 is 0 Å². The van der Waals surface area contributed by atoms with E-state index in [0.717, 1.165) is 11.5 Å². The summed E-state index contributed by atoms with van der Waals surface area (Å²) in [7, 11) is 2.08. The number of hydrogen-bond donors (Lipinski definition) is 0. The van der Waals surface area contributed by atoms with E-state index in [1.165, 1.54) is 19.3 Å². The lowest BCUT2D eigenvalue weighted by Gasteiger charge is -2.35. The molecule has 1 fully saturated rings. The van der Waals surface area contributed by atoms with Gasteiger partial charge in [-0.1, -0.05) is 0 Å². The molecule has 1 aromatic rings. The number of anilines is 1. The van der Waals surface area contributed by atoms with Crippen molar-refractivity contribution in [3.63, 3.8) is 0 Å². The zero-order chi connectivity index (χ0) is 9.97. The van der Waals surface area contributed by atoms with Crippen LogP contribution >= 0.6 is 11.6 Å². The van der Waals surface area contributed by atoms with Crippen LogP contribution in [-0.2, 0) is 5.88 Å². The van der Waals surface area contributed by atoms with E-state index in [1.807, 2.05) is 12.1 Å². The Hall–Kier alpha value is -0.830. The van der Waals surface area contributed by atoms with Crippen LogP contribution in [0.5, 0.6) is 0 Å². The third-order valence-corrected chi connectivity index (χ3v) is 3.10. The fraction of sp³-hybridized carbons (Fsp3) is 0.600. The van der Waals surface area contributed by atoms with E-state index < -0.39 is 0 Å². The number of hydrogen-bond acceptors (Lipinski definition) is 3. The van der Waals surface area contributed by atoms with Gasteiger partial charge >= 0.3 is 0 Å². The summed E-state index contributed by atoms with van der Waals surface area (Å²) in [5.41, 5.74) is 0.831. The van der Waals surface area contributed by atoms with Crippen LogP contribution < -0.4 is 4.90 Å². The molecular formula is C10H14ClN3. The molecule has 76 valence electrons. The van der Waals surface area contributed by atoms with Crippen LogP contribution in [0.2, 0.25) is 0 Å². The fourth-order valence-electron chi connectivity index (χ4n) is 1.57. The molecule has 1 heterocycles. The first-order valence-corrected chi connectivity index (χ1v) is 5.46. The highest BCUT2D eigenvalue weighted by atomic mass is 35.5. The van der Waals surface area contributed by atoms with Crippen LogP contribution in [0, 0.1) is 0 Å². The maximum absolute atomic E-state index is 5.64. The number of alkyl halides is 1. The summed E-state index contributed by atoms with van der Waals surface area (Å²) < 4.78 is 0. The quantitative estimate of drug-likeness (QED) is 0.718. The molecule has 0 atom stereocenters. The lowest BCUT2D eigenvalue weighted by atomic mass is 9.92. The number of halogens is 1. The summed E-state index contributed by atoms with van der Waals surface area (Å²) >= 11 is 5.64. The van der Waals surface area contributed by atoms with Crippen molar-refractivity contribution in [1.29, 1.82) is 0 Å². The van der Waals surface area contributed by atoms with E-state index in [-0.39, 0.29) is 0 Å². The first-order valence-electron chi connectivity index (χ1n) is 4.92. The monoisotopic (exact) mass is 211 g/mol. The number of nitrogens with zero attached hydrogens (tertiary/aromatic N) is 3. The van der Waals surface area contributed by atoms with Crippen LogP contribution in [0.25, 0.3) is 0 Å². The molecule has 0 bridgehead atoms. The van der Waals surface area contributed by atoms with Gasteiger partial charge in [-0.3, -0.25) is 0 Å². The summed E-state index contributed by atoms with van der Waals surface area (Å²) in [6.45, 7) is 0. The standard InChI is InChI=1S/C10H14ClN3/c1-14(9-3-2-4-9)10-6-5-8(7-11)12-13-10/h5-6,9H,2-4,7H2,1H3. The van der Waals surface area contributed by atoms with Gasteiger partial charge in [0.1, 0.15) is 0 Å². The Morgan fingerprint density at radius 1 is 1.43 bits per heavy atom. The van der Waals surface area contributed by atoms with Crippen molar-refractivity contribution in [2.45, 2.75) is 31.2 Å². The summed E-state index contributed by atoms with van der Waals surface area (Å²) in [5, 5.41) is 8.18. The first-order chi connectivity index (χ1) is 6.81. The summed E-state index contributed by atoms with van der Waals surface area (Å²) in [4.78, 5) is 2.20. The average Bonchev–Trinajstić information content (AvgIpc) is 2.15. The Bertz CT molecular complexity index is 295. The van der Waals surface area contributed by atoms with Crippen molar-refractivity contribution in [2.75, 3.05) is 11.9 Å². The minimum atomic E-state index is 0.431. The largest absolute Gasteiger partial charge is 0.355 e. The molecule has 1 aromatic heterocycles. The smallest absolute Gasteiger partial charge is 0.151 e. The predicted molar refractivity (Wildman–Crippen MR) is 57.6 cm³/mol. The van der Waals surface area contributed by atoms with Crippen LogP contribution in [0.3, 0.4) is 0 Å². The van der Waals surface area contributed by atoms with Crippen LogP contribution in [0.4, 0.5) is 5.82 Å². The second-order valence-corrected chi connectivity index (χ2v) is 3.98. The van der Waals surface area contributed by atoms with Gasteiger partial charge in [0.2, 0.25) is 0 Å². The van der Waals surface area contributed by atoms with Crippen molar-refractivity contribution < 1.29 is 0 Å². The summed E-state index contributed by atoms with van der Waals surface area (Å²) in [5.74, 6) is 1.38. The van der Waals surface area contributed by atoms with Gasteiger partial charge in [-0.05, 0) is 31.4 Å².